The highest BCUT2D eigenvalue weighted by Crippen LogP contribution is 2.36. The number of rotatable bonds is 10. The molecule has 5 nitrogen and oxygen atoms in total. The van der Waals surface area contributed by atoms with Crippen LogP contribution in [0.5, 0.6) is 5.75 Å². The number of hydrogen-bond acceptors (Lipinski definition) is 5. The lowest BCUT2D eigenvalue weighted by atomic mass is 9.87. The van der Waals surface area contributed by atoms with Gasteiger partial charge in [0, 0.05) is 36.9 Å². The van der Waals surface area contributed by atoms with E-state index < -0.39 is 0 Å². The number of allylic oxidation sites excluding steroid dienone is 3. The maximum atomic E-state index is 6.11. The smallest absolute Gasteiger partial charge is 0.142 e. The summed E-state index contributed by atoms with van der Waals surface area (Å²) < 4.78 is 5.82. The van der Waals surface area contributed by atoms with Crippen LogP contribution in [0.15, 0.2) is 65.6 Å². The second-order valence-electron chi connectivity index (χ2n) is 9.43. The highest BCUT2D eigenvalue weighted by molar-refractivity contribution is 5.64. The van der Waals surface area contributed by atoms with Crippen LogP contribution >= 0.6 is 0 Å². The van der Waals surface area contributed by atoms with Crippen molar-refractivity contribution in [3.05, 3.63) is 76.8 Å². The third-order valence-corrected chi connectivity index (χ3v) is 7.09. The molecular weight excluding hydrogens is 420 g/mol. The van der Waals surface area contributed by atoms with E-state index in [0.29, 0.717) is 6.04 Å². The molecule has 0 aromatic heterocycles. The molecule has 0 bridgehead atoms. The van der Waals surface area contributed by atoms with Gasteiger partial charge in [-0.15, -0.1) is 0 Å². The van der Waals surface area contributed by atoms with E-state index in [-0.39, 0.29) is 0 Å². The summed E-state index contributed by atoms with van der Waals surface area (Å²) in [6.07, 6.45) is 10.3. The van der Waals surface area contributed by atoms with Gasteiger partial charge in [0.2, 0.25) is 0 Å². The van der Waals surface area contributed by atoms with Gasteiger partial charge in [0.15, 0.2) is 0 Å². The molecule has 0 radical (unpaired) electrons. The van der Waals surface area contributed by atoms with E-state index in [2.05, 4.69) is 77.9 Å². The maximum Gasteiger partial charge on any atom is 0.142 e. The van der Waals surface area contributed by atoms with E-state index in [1.165, 1.54) is 48.9 Å². The average molecular weight is 461 g/mol. The average Bonchev–Trinajstić information content (AvgIpc) is 3.29. The zero-order chi connectivity index (χ0) is 23.9. The summed E-state index contributed by atoms with van der Waals surface area (Å²) in [4.78, 5) is 2.60. The molecule has 1 saturated carbocycles. The topological polar surface area (TPSA) is 62.5 Å². The summed E-state index contributed by atoms with van der Waals surface area (Å²) in [5.41, 5.74) is 13.8. The molecule has 2 aliphatic rings. The van der Waals surface area contributed by atoms with E-state index in [0.717, 1.165) is 48.9 Å². The zero-order valence-electron chi connectivity index (χ0n) is 21.0. The molecule has 5 heteroatoms. The molecule has 1 heterocycles. The van der Waals surface area contributed by atoms with Crippen molar-refractivity contribution in [1.82, 2.24) is 4.90 Å². The summed E-state index contributed by atoms with van der Waals surface area (Å²) in [5, 5.41) is 7.10. The summed E-state index contributed by atoms with van der Waals surface area (Å²) in [7, 11) is 1.75. The molecule has 2 aromatic rings. The Balaban J connectivity index is 1.54. The van der Waals surface area contributed by atoms with Crippen LogP contribution in [-0.2, 0) is 6.42 Å². The Hall–Kier alpha value is -2.92. The van der Waals surface area contributed by atoms with Crippen molar-refractivity contribution < 1.29 is 4.74 Å². The first-order valence-electron chi connectivity index (χ1n) is 12.8. The van der Waals surface area contributed by atoms with Crippen LogP contribution in [-0.4, -0.2) is 31.1 Å². The fourth-order valence-electron chi connectivity index (χ4n) is 4.99. The van der Waals surface area contributed by atoms with Gasteiger partial charge in [0.1, 0.15) is 11.6 Å². The third-order valence-electron chi connectivity index (χ3n) is 7.09. The van der Waals surface area contributed by atoms with Crippen molar-refractivity contribution in [2.75, 3.05) is 30.8 Å². The number of anilines is 2. The standard InChI is InChI=1S/C29H40N4O/c1-4-9-29(31-25-14-6-5-10-21(25)2)32-26-16-15-22(19-28(26)34-3)18-27(23-11-7-12-23)33-17-8-13-24(33)20-30/h5-6,9-10,14-16,19,24,31-32H,4,7-8,11-13,17-18,20,30H2,1-3H3/b29-9+. The quantitative estimate of drug-likeness (QED) is 0.395. The van der Waals surface area contributed by atoms with Crippen LogP contribution in [0, 0.1) is 6.92 Å². The third kappa shape index (κ3) is 5.58. The number of methoxy groups -OCH3 is 1. The van der Waals surface area contributed by atoms with Gasteiger partial charge < -0.3 is 26.0 Å². The number of para-hydroxylation sites is 1. The van der Waals surface area contributed by atoms with Gasteiger partial charge in [0.25, 0.3) is 0 Å². The molecule has 4 rings (SSSR count). The molecular formula is C29H40N4O. The van der Waals surface area contributed by atoms with Crippen LogP contribution in [0.1, 0.15) is 56.6 Å². The van der Waals surface area contributed by atoms with Crippen molar-refractivity contribution >= 4 is 11.4 Å². The van der Waals surface area contributed by atoms with Crippen LogP contribution in [0.3, 0.4) is 0 Å². The molecule has 1 unspecified atom stereocenters. The lowest BCUT2D eigenvalue weighted by Crippen LogP contribution is -2.36. The van der Waals surface area contributed by atoms with Crippen molar-refractivity contribution in [2.24, 2.45) is 5.73 Å². The second-order valence-corrected chi connectivity index (χ2v) is 9.43. The fraction of sp³-hybridized carbons (Fsp3) is 0.448. The fourth-order valence-corrected chi connectivity index (χ4v) is 4.99. The van der Waals surface area contributed by atoms with Crippen LogP contribution in [0.2, 0.25) is 0 Å². The number of aryl methyl sites for hydroxylation is 1. The number of hydrogen-bond donors (Lipinski definition) is 3. The van der Waals surface area contributed by atoms with Crippen molar-refractivity contribution in [3.63, 3.8) is 0 Å². The minimum atomic E-state index is 0.486. The highest BCUT2D eigenvalue weighted by atomic mass is 16.5. The maximum absolute atomic E-state index is 6.11. The van der Waals surface area contributed by atoms with Gasteiger partial charge in [-0.2, -0.15) is 0 Å². The Morgan fingerprint density at radius 1 is 1.12 bits per heavy atom. The molecule has 0 amide bonds. The predicted octanol–water partition coefficient (Wildman–Crippen LogP) is 6.18. The van der Waals surface area contributed by atoms with Crippen LogP contribution < -0.4 is 21.1 Å². The van der Waals surface area contributed by atoms with Gasteiger partial charge in [-0.3, -0.25) is 0 Å². The number of ether oxygens (including phenoxy) is 1. The van der Waals surface area contributed by atoms with E-state index in [9.17, 15) is 0 Å². The number of likely N-dealkylation sites (tertiary alicyclic amines) is 1. The molecule has 0 spiro atoms. The van der Waals surface area contributed by atoms with Crippen molar-refractivity contribution in [3.8, 4) is 5.75 Å². The molecule has 4 N–H and O–H groups in total. The van der Waals surface area contributed by atoms with E-state index in [1.54, 1.807) is 12.7 Å². The largest absolute Gasteiger partial charge is 0.495 e. The lowest BCUT2D eigenvalue weighted by Gasteiger charge is -2.34. The molecule has 182 valence electrons. The number of nitrogens with two attached hydrogens (primary N) is 1. The van der Waals surface area contributed by atoms with Crippen molar-refractivity contribution in [2.45, 2.75) is 64.8 Å². The van der Waals surface area contributed by atoms with Gasteiger partial charge in [-0.05, 0) is 80.9 Å². The Bertz CT molecular complexity index is 1040. The van der Waals surface area contributed by atoms with Gasteiger partial charge >= 0.3 is 0 Å². The van der Waals surface area contributed by atoms with Gasteiger partial charge in [-0.1, -0.05) is 36.8 Å². The zero-order valence-corrected chi connectivity index (χ0v) is 21.0. The molecule has 1 aliphatic carbocycles. The summed E-state index contributed by atoms with van der Waals surface area (Å²) in [6.45, 7) is 6.13. The van der Waals surface area contributed by atoms with E-state index in [4.69, 9.17) is 10.5 Å². The molecule has 1 saturated heterocycles. The number of nitrogens with one attached hydrogen (secondary N) is 2. The Labute approximate surface area is 205 Å². The van der Waals surface area contributed by atoms with Gasteiger partial charge in [0.05, 0.1) is 12.8 Å². The molecule has 2 fully saturated rings. The van der Waals surface area contributed by atoms with Crippen LogP contribution in [0.4, 0.5) is 11.4 Å². The van der Waals surface area contributed by atoms with Crippen molar-refractivity contribution in [1.29, 1.82) is 0 Å². The molecule has 1 aliphatic heterocycles. The first kappa shape index (κ1) is 24.2. The minimum Gasteiger partial charge on any atom is -0.495 e. The number of nitrogens with zero attached hydrogens (tertiary/aromatic N) is 1. The second kappa shape index (κ2) is 11.5. The first-order chi connectivity index (χ1) is 16.6. The Morgan fingerprint density at radius 2 is 1.91 bits per heavy atom. The van der Waals surface area contributed by atoms with E-state index in [1.807, 2.05) is 0 Å². The molecule has 34 heavy (non-hydrogen) atoms. The van der Waals surface area contributed by atoms with Gasteiger partial charge in [-0.25, -0.2) is 0 Å². The predicted molar refractivity (Wildman–Crippen MR) is 143 cm³/mol. The summed E-state index contributed by atoms with van der Waals surface area (Å²) in [6, 6.07) is 15.4. The summed E-state index contributed by atoms with van der Waals surface area (Å²) in [5.74, 6) is 1.82. The Morgan fingerprint density at radius 3 is 2.59 bits per heavy atom. The minimum absolute atomic E-state index is 0.486. The molecule has 1 atom stereocenters. The first-order valence-corrected chi connectivity index (χ1v) is 12.8. The van der Waals surface area contributed by atoms with E-state index >= 15 is 0 Å². The molecule has 2 aromatic carbocycles. The summed E-state index contributed by atoms with van der Waals surface area (Å²) >= 11 is 0. The normalized spacial score (nSPS) is 18.0. The SMILES string of the molecule is CC/C=C(\Nc1ccccc1C)Nc1ccc(CC(=C2CCC2)N2CCCC2CN)cc1OC. The monoisotopic (exact) mass is 460 g/mol. The lowest BCUT2D eigenvalue weighted by molar-refractivity contribution is 0.309. The Kier molecular flexibility index (Phi) is 8.17. The number of benzene rings is 2. The van der Waals surface area contributed by atoms with Crippen LogP contribution in [0.25, 0.3) is 0 Å². The highest BCUT2D eigenvalue weighted by Gasteiger charge is 2.28.